The van der Waals surface area contributed by atoms with Crippen molar-refractivity contribution in [3.05, 3.63) is 33.9 Å². The molecule has 0 bridgehead atoms. The molecule has 0 aliphatic rings. The Labute approximate surface area is 97.2 Å². The Morgan fingerprint density at radius 1 is 1.47 bits per heavy atom. The zero-order valence-corrected chi connectivity index (χ0v) is 9.77. The molecule has 0 aromatic carbocycles. The van der Waals surface area contributed by atoms with Gasteiger partial charge in [-0.15, -0.1) is 0 Å². The second-order valence-corrected chi connectivity index (χ2v) is 4.12. The van der Waals surface area contributed by atoms with Gasteiger partial charge in [0.15, 0.2) is 0 Å². The Bertz CT molecular complexity index is 442. The quantitative estimate of drug-likeness (QED) is 0.834. The third kappa shape index (κ3) is 2.27. The van der Waals surface area contributed by atoms with Crippen LogP contribution in [0.1, 0.15) is 12.5 Å². The van der Waals surface area contributed by atoms with Crippen LogP contribution in [0.3, 0.4) is 0 Å². The SMILES string of the molecule is CCc1c(Cl)ncnc1Nc1ccsc1. The van der Waals surface area contributed by atoms with Gasteiger partial charge in [0, 0.05) is 10.9 Å². The summed E-state index contributed by atoms with van der Waals surface area (Å²) in [5.41, 5.74) is 1.98. The molecule has 0 aliphatic heterocycles. The third-order valence-electron chi connectivity index (χ3n) is 2.03. The average molecular weight is 240 g/mol. The average Bonchev–Trinajstić information content (AvgIpc) is 2.71. The van der Waals surface area contributed by atoms with Crippen LogP contribution in [0.4, 0.5) is 11.5 Å². The Kier molecular flexibility index (Phi) is 3.18. The molecule has 0 saturated carbocycles. The number of rotatable bonds is 3. The van der Waals surface area contributed by atoms with Crippen LogP contribution in [0.5, 0.6) is 0 Å². The van der Waals surface area contributed by atoms with Crippen LogP contribution in [0.15, 0.2) is 23.2 Å². The monoisotopic (exact) mass is 239 g/mol. The van der Waals surface area contributed by atoms with Crippen molar-refractivity contribution in [3.8, 4) is 0 Å². The highest BCUT2D eigenvalue weighted by atomic mass is 35.5. The van der Waals surface area contributed by atoms with Crippen LogP contribution < -0.4 is 5.32 Å². The number of hydrogen-bond donors (Lipinski definition) is 1. The fourth-order valence-electron chi connectivity index (χ4n) is 1.28. The highest BCUT2D eigenvalue weighted by Crippen LogP contribution is 2.24. The standard InChI is InChI=1S/C10H10ClN3S/c1-2-8-9(11)12-6-13-10(8)14-7-3-4-15-5-7/h3-6H,2H2,1H3,(H,12,13,14). The molecule has 3 nitrogen and oxygen atoms in total. The van der Waals surface area contributed by atoms with Crippen LogP contribution in [-0.2, 0) is 6.42 Å². The highest BCUT2D eigenvalue weighted by Gasteiger charge is 2.07. The summed E-state index contributed by atoms with van der Waals surface area (Å²) in [5.74, 6) is 0.788. The van der Waals surface area contributed by atoms with Crippen LogP contribution in [-0.4, -0.2) is 9.97 Å². The van der Waals surface area contributed by atoms with E-state index in [0.717, 1.165) is 23.5 Å². The molecule has 2 aromatic heterocycles. The van der Waals surface area contributed by atoms with Crippen LogP contribution in [0, 0.1) is 0 Å². The Morgan fingerprint density at radius 2 is 2.33 bits per heavy atom. The topological polar surface area (TPSA) is 37.8 Å². The van der Waals surface area contributed by atoms with E-state index in [0.29, 0.717) is 5.15 Å². The van der Waals surface area contributed by atoms with E-state index in [1.54, 1.807) is 11.3 Å². The molecule has 78 valence electrons. The van der Waals surface area contributed by atoms with E-state index in [1.165, 1.54) is 6.33 Å². The molecule has 2 heterocycles. The number of nitrogens with one attached hydrogen (secondary N) is 1. The highest BCUT2D eigenvalue weighted by molar-refractivity contribution is 7.08. The molecule has 0 saturated heterocycles. The summed E-state index contributed by atoms with van der Waals surface area (Å²) in [4.78, 5) is 8.14. The number of nitrogens with zero attached hydrogens (tertiary/aromatic N) is 2. The first-order chi connectivity index (χ1) is 7.31. The smallest absolute Gasteiger partial charge is 0.138 e. The Hall–Kier alpha value is -1.13. The summed E-state index contributed by atoms with van der Waals surface area (Å²) < 4.78 is 0. The largest absolute Gasteiger partial charge is 0.339 e. The molecule has 0 amide bonds. The lowest BCUT2D eigenvalue weighted by molar-refractivity contribution is 1.05. The fourth-order valence-corrected chi connectivity index (χ4v) is 2.14. The molecule has 5 heteroatoms. The van der Waals surface area contributed by atoms with Gasteiger partial charge in [-0.1, -0.05) is 18.5 Å². The Morgan fingerprint density at radius 3 is 3.00 bits per heavy atom. The fraction of sp³-hybridized carbons (Fsp3) is 0.200. The third-order valence-corrected chi connectivity index (χ3v) is 3.04. The van der Waals surface area contributed by atoms with Gasteiger partial charge in [0.1, 0.15) is 17.3 Å². The number of anilines is 2. The predicted molar refractivity (Wildman–Crippen MR) is 64.0 cm³/mol. The van der Waals surface area contributed by atoms with Gasteiger partial charge in [0.05, 0.1) is 5.69 Å². The minimum atomic E-state index is 0.519. The predicted octanol–water partition coefficient (Wildman–Crippen LogP) is 3.50. The molecule has 2 rings (SSSR count). The molecule has 2 aromatic rings. The molecule has 1 N–H and O–H groups in total. The molecule has 0 unspecified atom stereocenters. The summed E-state index contributed by atoms with van der Waals surface area (Å²) in [6.07, 6.45) is 2.28. The van der Waals surface area contributed by atoms with E-state index in [1.807, 2.05) is 23.8 Å². The summed E-state index contributed by atoms with van der Waals surface area (Å²) in [6, 6.07) is 2.00. The molecule has 0 fully saturated rings. The molecule has 0 spiro atoms. The van der Waals surface area contributed by atoms with Crippen molar-refractivity contribution < 1.29 is 0 Å². The number of halogens is 1. The van der Waals surface area contributed by atoms with Gasteiger partial charge in [-0.3, -0.25) is 0 Å². The van der Waals surface area contributed by atoms with E-state index < -0.39 is 0 Å². The van der Waals surface area contributed by atoms with Crippen LogP contribution in [0.25, 0.3) is 0 Å². The minimum Gasteiger partial charge on any atom is -0.339 e. The van der Waals surface area contributed by atoms with E-state index in [9.17, 15) is 0 Å². The number of thiophene rings is 1. The van der Waals surface area contributed by atoms with E-state index in [4.69, 9.17) is 11.6 Å². The van der Waals surface area contributed by atoms with E-state index in [-0.39, 0.29) is 0 Å². The minimum absolute atomic E-state index is 0.519. The lowest BCUT2D eigenvalue weighted by Crippen LogP contribution is -1.99. The molecular formula is C10H10ClN3S. The van der Waals surface area contributed by atoms with Crippen molar-refractivity contribution in [1.82, 2.24) is 9.97 Å². The second-order valence-electron chi connectivity index (χ2n) is 2.98. The maximum absolute atomic E-state index is 5.98. The Balaban J connectivity index is 2.32. The van der Waals surface area contributed by atoms with Gasteiger partial charge in [-0.05, 0) is 17.9 Å². The summed E-state index contributed by atoms with van der Waals surface area (Å²) in [5, 5.41) is 7.77. The molecule has 0 atom stereocenters. The zero-order chi connectivity index (χ0) is 10.7. The second kappa shape index (κ2) is 4.59. The number of aromatic nitrogens is 2. The maximum Gasteiger partial charge on any atom is 0.138 e. The van der Waals surface area contributed by atoms with Gasteiger partial charge < -0.3 is 5.32 Å². The van der Waals surface area contributed by atoms with E-state index in [2.05, 4.69) is 15.3 Å². The van der Waals surface area contributed by atoms with Crippen molar-refractivity contribution >= 4 is 34.4 Å². The first-order valence-electron chi connectivity index (χ1n) is 4.60. The van der Waals surface area contributed by atoms with Crippen molar-refractivity contribution in [2.24, 2.45) is 0 Å². The van der Waals surface area contributed by atoms with Gasteiger partial charge in [-0.2, -0.15) is 11.3 Å². The van der Waals surface area contributed by atoms with Gasteiger partial charge >= 0.3 is 0 Å². The van der Waals surface area contributed by atoms with Crippen LogP contribution in [0.2, 0.25) is 5.15 Å². The van der Waals surface area contributed by atoms with Gasteiger partial charge in [-0.25, -0.2) is 9.97 Å². The lowest BCUT2D eigenvalue weighted by atomic mass is 10.2. The normalized spacial score (nSPS) is 10.3. The molecule has 0 radical (unpaired) electrons. The van der Waals surface area contributed by atoms with E-state index >= 15 is 0 Å². The molecule has 0 aliphatic carbocycles. The van der Waals surface area contributed by atoms with Gasteiger partial charge in [0.25, 0.3) is 0 Å². The first kappa shape index (κ1) is 10.4. The van der Waals surface area contributed by atoms with Crippen molar-refractivity contribution in [3.63, 3.8) is 0 Å². The molecular weight excluding hydrogens is 230 g/mol. The summed E-state index contributed by atoms with van der Waals surface area (Å²) >= 11 is 7.62. The zero-order valence-electron chi connectivity index (χ0n) is 8.20. The summed E-state index contributed by atoms with van der Waals surface area (Å²) in [7, 11) is 0. The number of hydrogen-bond acceptors (Lipinski definition) is 4. The van der Waals surface area contributed by atoms with Crippen molar-refractivity contribution in [1.29, 1.82) is 0 Å². The first-order valence-corrected chi connectivity index (χ1v) is 5.92. The maximum atomic E-state index is 5.98. The molecule has 15 heavy (non-hydrogen) atoms. The van der Waals surface area contributed by atoms with Gasteiger partial charge in [0.2, 0.25) is 0 Å². The summed E-state index contributed by atoms with van der Waals surface area (Å²) in [6.45, 7) is 2.03. The van der Waals surface area contributed by atoms with Crippen LogP contribution >= 0.6 is 22.9 Å². The lowest BCUT2D eigenvalue weighted by Gasteiger charge is -2.08. The van der Waals surface area contributed by atoms with Crippen molar-refractivity contribution in [2.75, 3.05) is 5.32 Å². The van der Waals surface area contributed by atoms with Crippen molar-refractivity contribution in [2.45, 2.75) is 13.3 Å².